The van der Waals surface area contributed by atoms with Gasteiger partial charge in [-0.05, 0) is 24.6 Å². The smallest absolute Gasteiger partial charge is 0.344 e. The Labute approximate surface area is 152 Å². The van der Waals surface area contributed by atoms with Crippen molar-refractivity contribution in [2.24, 2.45) is 0 Å². The van der Waals surface area contributed by atoms with Crippen LogP contribution in [0.25, 0.3) is 11.1 Å². The molecule has 0 aliphatic carbocycles. The highest BCUT2D eigenvalue weighted by Gasteiger charge is 2.26. The summed E-state index contributed by atoms with van der Waals surface area (Å²) < 4.78 is 9.93. The molecule has 0 spiro atoms. The number of ether oxygens (including phenoxy) is 2. The standard InChI is InChI=1S/C17H16N2O8/c1-2-26-10(20)7-27-9-5-3-8(4-6-9)11-12(16(22)23)14(18)19-15(21)13(11)17(24)25/h3-6H,2,7H2,1H3,(H,22,23)(H,24,25)(H3,18,19,21). The maximum Gasteiger partial charge on any atom is 0.344 e. The summed E-state index contributed by atoms with van der Waals surface area (Å²) >= 11 is 0. The fourth-order valence-electron chi connectivity index (χ4n) is 2.40. The van der Waals surface area contributed by atoms with E-state index in [4.69, 9.17) is 15.2 Å². The lowest BCUT2D eigenvalue weighted by Crippen LogP contribution is -2.24. The summed E-state index contributed by atoms with van der Waals surface area (Å²) in [5.74, 6) is -3.86. The summed E-state index contributed by atoms with van der Waals surface area (Å²) in [6.07, 6.45) is 0. The number of carboxylic acids is 2. The van der Waals surface area contributed by atoms with Gasteiger partial charge >= 0.3 is 17.9 Å². The van der Waals surface area contributed by atoms with Gasteiger partial charge in [-0.3, -0.25) is 4.79 Å². The van der Waals surface area contributed by atoms with Crippen molar-refractivity contribution in [3.63, 3.8) is 0 Å². The van der Waals surface area contributed by atoms with E-state index in [-0.39, 0.29) is 30.1 Å². The van der Waals surface area contributed by atoms with Gasteiger partial charge in [-0.2, -0.15) is 0 Å². The minimum atomic E-state index is -1.60. The Hall–Kier alpha value is -3.82. The molecule has 0 amide bonds. The van der Waals surface area contributed by atoms with Gasteiger partial charge in [0.2, 0.25) is 0 Å². The number of pyridine rings is 1. The highest BCUT2D eigenvalue weighted by Crippen LogP contribution is 2.30. The summed E-state index contributed by atoms with van der Waals surface area (Å²) in [5, 5.41) is 18.7. The first-order valence-electron chi connectivity index (χ1n) is 7.67. The third-order valence-corrected chi connectivity index (χ3v) is 3.48. The summed E-state index contributed by atoms with van der Waals surface area (Å²) in [4.78, 5) is 48.3. The first-order chi connectivity index (χ1) is 12.8. The molecule has 1 aromatic heterocycles. The van der Waals surface area contributed by atoms with E-state index in [1.54, 1.807) is 6.92 Å². The van der Waals surface area contributed by atoms with E-state index < -0.39 is 40.4 Å². The normalized spacial score (nSPS) is 10.3. The predicted octanol–water partition coefficient (Wildman–Crippen LogP) is 0.962. The van der Waals surface area contributed by atoms with Crippen LogP contribution in [-0.4, -0.2) is 46.3 Å². The van der Waals surface area contributed by atoms with E-state index in [1.807, 2.05) is 4.98 Å². The molecule has 2 aromatic rings. The fourth-order valence-corrected chi connectivity index (χ4v) is 2.40. The van der Waals surface area contributed by atoms with Crippen LogP contribution < -0.4 is 16.0 Å². The highest BCUT2D eigenvalue weighted by atomic mass is 16.6. The van der Waals surface area contributed by atoms with Crippen LogP contribution in [0.2, 0.25) is 0 Å². The van der Waals surface area contributed by atoms with Gasteiger partial charge in [-0.25, -0.2) is 14.4 Å². The third kappa shape index (κ3) is 4.24. The third-order valence-electron chi connectivity index (χ3n) is 3.48. The number of benzene rings is 1. The quantitative estimate of drug-likeness (QED) is 0.514. The molecular weight excluding hydrogens is 360 g/mol. The number of hydrogen-bond donors (Lipinski definition) is 4. The van der Waals surface area contributed by atoms with Crippen LogP contribution in [0.15, 0.2) is 29.1 Å². The maximum absolute atomic E-state index is 12.0. The number of nitrogens with two attached hydrogens (primary N) is 1. The highest BCUT2D eigenvalue weighted by molar-refractivity contribution is 6.07. The number of aromatic amines is 1. The van der Waals surface area contributed by atoms with Crippen LogP contribution in [0, 0.1) is 0 Å². The average Bonchev–Trinajstić information content (AvgIpc) is 2.59. The number of nitrogens with one attached hydrogen (secondary N) is 1. The molecule has 0 saturated carbocycles. The SMILES string of the molecule is CCOC(=O)COc1ccc(-c2c(C(=O)O)c(N)[nH]c(=O)c2C(=O)O)cc1. The second-order valence-electron chi connectivity index (χ2n) is 5.22. The molecule has 0 fully saturated rings. The number of nitrogen functional groups attached to an aromatic ring is 1. The summed E-state index contributed by atoms with van der Waals surface area (Å²) in [6, 6.07) is 5.49. The Balaban J connectivity index is 2.48. The Morgan fingerprint density at radius 1 is 1.07 bits per heavy atom. The van der Waals surface area contributed by atoms with Gasteiger partial charge in [0.05, 0.1) is 6.61 Å². The second-order valence-corrected chi connectivity index (χ2v) is 5.22. The van der Waals surface area contributed by atoms with Crippen LogP contribution in [0.5, 0.6) is 5.75 Å². The molecule has 10 nitrogen and oxygen atoms in total. The van der Waals surface area contributed by atoms with Crippen LogP contribution in [-0.2, 0) is 9.53 Å². The van der Waals surface area contributed by atoms with Crippen molar-refractivity contribution >= 4 is 23.7 Å². The zero-order chi connectivity index (χ0) is 20.1. The lowest BCUT2D eigenvalue weighted by atomic mass is 9.95. The number of carbonyl (C=O) groups excluding carboxylic acids is 1. The van der Waals surface area contributed by atoms with Crippen molar-refractivity contribution in [3.05, 3.63) is 45.7 Å². The Morgan fingerprint density at radius 2 is 1.67 bits per heavy atom. The summed E-state index contributed by atoms with van der Waals surface area (Å²) in [5.41, 5.74) is 3.06. The van der Waals surface area contributed by atoms with E-state index in [2.05, 4.69) is 0 Å². The molecule has 0 aliphatic heterocycles. The number of carbonyl (C=O) groups is 3. The van der Waals surface area contributed by atoms with Gasteiger partial charge in [-0.15, -0.1) is 0 Å². The van der Waals surface area contributed by atoms with Crippen LogP contribution in [0.3, 0.4) is 0 Å². The van der Waals surface area contributed by atoms with Crippen LogP contribution >= 0.6 is 0 Å². The molecule has 1 aromatic carbocycles. The van der Waals surface area contributed by atoms with Crippen molar-refractivity contribution in [2.45, 2.75) is 6.92 Å². The van der Waals surface area contributed by atoms with Crippen molar-refractivity contribution < 1.29 is 34.1 Å². The molecule has 0 aliphatic rings. The van der Waals surface area contributed by atoms with Gasteiger partial charge in [0.25, 0.3) is 5.56 Å². The lowest BCUT2D eigenvalue weighted by molar-refractivity contribution is -0.145. The molecule has 0 saturated heterocycles. The average molecular weight is 376 g/mol. The predicted molar refractivity (Wildman–Crippen MR) is 93.0 cm³/mol. The minimum Gasteiger partial charge on any atom is -0.482 e. The molecule has 10 heteroatoms. The van der Waals surface area contributed by atoms with Crippen molar-refractivity contribution in [3.8, 4) is 16.9 Å². The van der Waals surface area contributed by atoms with E-state index >= 15 is 0 Å². The molecule has 0 unspecified atom stereocenters. The van der Waals surface area contributed by atoms with E-state index in [0.717, 1.165) is 0 Å². The van der Waals surface area contributed by atoms with Crippen LogP contribution in [0.4, 0.5) is 5.82 Å². The number of H-pyrrole nitrogens is 1. The first-order valence-corrected chi connectivity index (χ1v) is 7.67. The number of carboxylic acid groups (broad SMARTS) is 2. The maximum atomic E-state index is 12.0. The summed E-state index contributed by atoms with van der Waals surface area (Å²) in [6.45, 7) is 1.53. The van der Waals surface area contributed by atoms with E-state index in [9.17, 15) is 29.4 Å². The number of esters is 1. The lowest BCUT2D eigenvalue weighted by Gasteiger charge is -2.12. The van der Waals surface area contributed by atoms with Gasteiger partial charge < -0.3 is 30.4 Å². The molecule has 5 N–H and O–H groups in total. The van der Waals surface area contributed by atoms with Gasteiger partial charge in [0.15, 0.2) is 6.61 Å². The van der Waals surface area contributed by atoms with Gasteiger partial charge in [0.1, 0.15) is 22.7 Å². The minimum absolute atomic E-state index is 0.131. The Bertz CT molecular complexity index is 947. The van der Waals surface area contributed by atoms with Crippen molar-refractivity contribution in [1.29, 1.82) is 0 Å². The number of hydrogen-bond acceptors (Lipinski definition) is 7. The molecule has 0 radical (unpaired) electrons. The zero-order valence-electron chi connectivity index (χ0n) is 14.1. The fraction of sp³-hybridized carbons (Fsp3) is 0.176. The van der Waals surface area contributed by atoms with Crippen LogP contribution in [0.1, 0.15) is 27.6 Å². The van der Waals surface area contributed by atoms with E-state index in [0.29, 0.717) is 0 Å². The zero-order valence-corrected chi connectivity index (χ0v) is 14.1. The van der Waals surface area contributed by atoms with E-state index in [1.165, 1.54) is 24.3 Å². The van der Waals surface area contributed by atoms with Gasteiger partial charge in [-0.1, -0.05) is 12.1 Å². The number of aromatic carboxylic acids is 2. The second kappa shape index (κ2) is 8.04. The number of rotatable bonds is 7. The van der Waals surface area contributed by atoms with Gasteiger partial charge in [0, 0.05) is 5.56 Å². The molecule has 27 heavy (non-hydrogen) atoms. The monoisotopic (exact) mass is 376 g/mol. The largest absolute Gasteiger partial charge is 0.482 e. The molecule has 2 rings (SSSR count). The Morgan fingerprint density at radius 3 is 2.19 bits per heavy atom. The molecule has 142 valence electrons. The van der Waals surface area contributed by atoms with Crippen molar-refractivity contribution in [1.82, 2.24) is 4.98 Å². The molecule has 0 bridgehead atoms. The topological polar surface area (TPSA) is 169 Å². The summed E-state index contributed by atoms with van der Waals surface area (Å²) in [7, 11) is 0. The Kier molecular flexibility index (Phi) is 5.81. The number of anilines is 1. The first kappa shape index (κ1) is 19.5. The molecule has 1 heterocycles. The van der Waals surface area contributed by atoms with Crippen molar-refractivity contribution in [2.75, 3.05) is 18.9 Å². The molecule has 0 atom stereocenters. The molecular formula is C17H16N2O8. The number of aromatic nitrogens is 1.